The number of rotatable bonds is 7. The Bertz CT molecular complexity index is 1090. The van der Waals surface area contributed by atoms with Crippen molar-refractivity contribution in [3.63, 3.8) is 0 Å². The van der Waals surface area contributed by atoms with Crippen LogP contribution >= 0.6 is 34.2 Å². The highest BCUT2D eigenvalue weighted by atomic mass is 127. The fraction of sp³-hybridized carbons (Fsp3) is 0.0870. The summed E-state index contributed by atoms with van der Waals surface area (Å²) in [6, 6.07) is 20.7. The number of nitrogens with one attached hydrogen (secondary N) is 1. The fourth-order valence-electron chi connectivity index (χ4n) is 2.44. The smallest absolute Gasteiger partial charge is 0.344 e. The molecule has 31 heavy (non-hydrogen) atoms. The van der Waals surface area contributed by atoms with Crippen LogP contribution in [-0.2, 0) is 4.79 Å². The Kier molecular flexibility index (Phi) is 8.02. The van der Waals surface area contributed by atoms with E-state index in [2.05, 4.69) is 33.1 Å². The van der Waals surface area contributed by atoms with Crippen LogP contribution in [0.4, 0.5) is 0 Å². The average molecular weight is 549 g/mol. The summed E-state index contributed by atoms with van der Waals surface area (Å²) in [5, 5.41) is 4.52. The minimum Gasteiger partial charge on any atom is -0.481 e. The van der Waals surface area contributed by atoms with Crippen molar-refractivity contribution in [1.82, 2.24) is 5.43 Å². The summed E-state index contributed by atoms with van der Waals surface area (Å²) in [5.41, 5.74) is 3.66. The molecule has 0 aliphatic heterocycles. The first-order chi connectivity index (χ1) is 14.9. The minimum atomic E-state index is -0.735. The molecule has 1 atom stereocenters. The van der Waals surface area contributed by atoms with Crippen molar-refractivity contribution in [3.8, 4) is 11.5 Å². The van der Waals surface area contributed by atoms with Crippen LogP contribution in [0.25, 0.3) is 0 Å². The Balaban J connectivity index is 1.51. The summed E-state index contributed by atoms with van der Waals surface area (Å²) in [4.78, 5) is 24.4. The molecule has 1 unspecified atom stereocenters. The Morgan fingerprint density at radius 1 is 1.00 bits per heavy atom. The van der Waals surface area contributed by atoms with Gasteiger partial charge in [0.1, 0.15) is 11.5 Å². The Morgan fingerprint density at radius 3 is 2.32 bits per heavy atom. The lowest BCUT2D eigenvalue weighted by atomic mass is 10.2. The number of halogens is 2. The van der Waals surface area contributed by atoms with E-state index in [0.29, 0.717) is 22.1 Å². The Labute approximate surface area is 198 Å². The third-order valence-corrected chi connectivity index (χ3v) is 5.26. The van der Waals surface area contributed by atoms with Gasteiger partial charge in [0.05, 0.1) is 11.8 Å². The van der Waals surface area contributed by atoms with Crippen molar-refractivity contribution in [2.45, 2.75) is 13.0 Å². The molecule has 0 fully saturated rings. The third kappa shape index (κ3) is 6.80. The zero-order valence-corrected chi connectivity index (χ0v) is 19.3. The molecule has 8 heteroatoms. The Hall–Kier alpha value is -2.91. The average Bonchev–Trinajstić information content (AvgIpc) is 2.76. The largest absolute Gasteiger partial charge is 0.481 e. The highest BCUT2D eigenvalue weighted by Gasteiger charge is 2.14. The van der Waals surface area contributed by atoms with Gasteiger partial charge in [0.25, 0.3) is 5.91 Å². The number of ether oxygens (including phenoxy) is 2. The second kappa shape index (κ2) is 10.9. The number of hydrogen-bond acceptors (Lipinski definition) is 5. The summed E-state index contributed by atoms with van der Waals surface area (Å²) in [7, 11) is 0. The summed E-state index contributed by atoms with van der Waals surface area (Å²) >= 11 is 7.92. The molecule has 6 nitrogen and oxygen atoms in total. The number of hydrazone groups is 1. The maximum absolute atomic E-state index is 12.3. The fourth-order valence-corrected chi connectivity index (χ4v) is 3.18. The molecule has 0 aliphatic carbocycles. The highest BCUT2D eigenvalue weighted by Crippen LogP contribution is 2.18. The van der Waals surface area contributed by atoms with Gasteiger partial charge in [0, 0.05) is 8.59 Å². The number of nitrogens with zero attached hydrogens (tertiary/aromatic N) is 1. The van der Waals surface area contributed by atoms with Crippen molar-refractivity contribution in [3.05, 3.63) is 92.5 Å². The van der Waals surface area contributed by atoms with Crippen molar-refractivity contribution >= 4 is 52.3 Å². The lowest BCUT2D eigenvalue weighted by Crippen LogP contribution is -2.33. The van der Waals surface area contributed by atoms with Gasteiger partial charge in [-0.15, -0.1) is 0 Å². The van der Waals surface area contributed by atoms with Crippen LogP contribution in [0.15, 0.2) is 77.9 Å². The van der Waals surface area contributed by atoms with Crippen LogP contribution in [0.1, 0.15) is 22.8 Å². The normalized spacial score (nSPS) is 11.7. The van der Waals surface area contributed by atoms with E-state index in [1.54, 1.807) is 67.6 Å². The maximum Gasteiger partial charge on any atom is 0.344 e. The molecule has 3 rings (SSSR count). The second-order valence-electron chi connectivity index (χ2n) is 6.39. The summed E-state index contributed by atoms with van der Waals surface area (Å²) in [5.74, 6) is 0.129. The van der Waals surface area contributed by atoms with E-state index in [1.165, 1.54) is 6.21 Å². The van der Waals surface area contributed by atoms with E-state index in [0.717, 1.165) is 9.13 Å². The molecule has 1 amide bonds. The highest BCUT2D eigenvalue weighted by molar-refractivity contribution is 14.1. The molecular formula is C23H18ClIN2O4. The summed E-state index contributed by atoms with van der Waals surface area (Å²) in [6.07, 6.45) is 0.749. The molecule has 158 valence electrons. The standard InChI is InChI=1S/C23H18ClIN2O4/c1-15(30-18-12-8-17(24)9-13-18)22(28)27-26-14-16-6-10-19(11-7-16)31-23(29)20-4-2-3-5-21(20)25/h2-15H,1H3,(H,27,28)/b26-14+. The van der Waals surface area contributed by atoms with Crippen LogP contribution in [0.5, 0.6) is 11.5 Å². The SMILES string of the molecule is CC(Oc1ccc(Cl)cc1)C(=O)N/N=C/c1ccc(OC(=O)c2ccccc2I)cc1. The molecule has 0 spiro atoms. The number of esters is 1. The predicted molar refractivity (Wildman–Crippen MR) is 128 cm³/mol. The monoisotopic (exact) mass is 548 g/mol. The molecule has 0 heterocycles. The van der Waals surface area contributed by atoms with Crippen LogP contribution in [0.2, 0.25) is 5.02 Å². The molecule has 0 aliphatic rings. The first-order valence-electron chi connectivity index (χ1n) is 9.24. The topological polar surface area (TPSA) is 77.0 Å². The molecule has 3 aromatic carbocycles. The number of carbonyl (C=O) groups excluding carboxylic acids is 2. The van der Waals surface area contributed by atoms with Crippen molar-refractivity contribution < 1.29 is 19.1 Å². The number of hydrogen-bond donors (Lipinski definition) is 1. The van der Waals surface area contributed by atoms with Crippen molar-refractivity contribution in [1.29, 1.82) is 0 Å². The van der Waals surface area contributed by atoms with Crippen LogP contribution in [-0.4, -0.2) is 24.2 Å². The quantitative estimate of drug-likeness (QED) is 0.147. The molecule has 0 saturated carbocycles. The van der Waals surface area contributed by atoms with E-state index in [4.69, 9.17) is 21.1 Å². The van der Waals surface area contributed by atoms with Gasteiger partial charge in [-0.25, -0.2) is 10.2 Å². The van der Waals surface area contributed by atoms with Gasteiger partial charge in [-0.3, -0.25) is 4.79 Å². The molecule has 0 aromatic heterocycles. The van der Waals surface area contributed by atoms with Crippen molar-refractivity contribution in [2.75, 3.05) is 0 Å². The van der Waals surface area contributed by atoms with E-state index in [1.807, 2.05) is 12.1 Å². The molecular weight excluding hydrogens is 531 g/mol. The van der Waals surface area contributed by atoms with Gasteiger partial charge in [0.2, 0.25) is 0 Å². The third-order valence-electron chi connectivity index (χ3n) is 4.07. The van der Waals surface area contributed by atoms with Gasteiger partial charge in [-0.05, 0) is 95.7 Å². The van der Waals surface area contributed by atoms with E-state index in [-0.39, 0.29) is 0 Å². The number of carbonyl (C=O) groups is 2. The lowest BCUT2D eigenvalue weighted by Gasteiger charge is -2.12. The van der Waals surface area contributed by atoms with E-state index >= 15 is 0 Å². The molecule has 0 bridgehead atoms. The Morgan fingerprint density at radius 2 is 1.65 bits per heavy atom. The zero-order valence-electron chi connectivity index (χ0n) is 16.4. The van der Waals surface area contributed by atoms with Gasteiger partial charge in [-0.1, -0.05) is 23.7 Å². The lowest BCUT2D eigenvalue weighted by molar-refractivity contribution is -0.127. The van der Waals surface area contributed by atoms with Crippen LogP contribution in [0, 0.1) is 3.57 Å². The molecule has 0 radical (unpaired) electrons. The minimum absolute atomic E-state index is 0.394. The molecule has 0 saturated heterocycles. The summed E-state index contributed by atoms with van der Waals surface area (Å²) < 4.78 is 11.7. The van der Waals surface area contributed by atoms with E-state index < -0.39 is 18.0 Å². The predicted octanol–water partition coefficient (Wildman–Crippen LogP) is 5.08. The van der Waals surface area contributed by atoms with Crippen LogP contribution in [0.3, 0.4) is 0 Å². The first-order valence-corrected chi connectivity index (χ1v) is 10.7. The molecule has 3 aromatic rings. The first kappa shape index (κ1) is 22.8. The number of amides is 1. The van der Waals surface area contributed by atoms with Gasteiger partial charge in [-0.2, -0.15) is 5.10 Å². The van der Waals surface area contributed by atoms with E-state index in [9.17, 15) is 9.59 Å². The number of benzene rings is 3. The van der Waals surface area contributed by atoms with Crippen LogP contribution < -0.4 is 14.9 Å². The maximum atomic E-state index is 12.3. The van der Waals surface area contributed by atoms with Crippen molar-refractivity contribution in [2.24, 2.45) is 5.10 Å². The second-order valence-corrected chi connectivity index (χ2v) is 7.99. The van der Waals surface area contributed by atoms with Gasteiger partial charge >= 0.3 is 5.97 Å². The zero-order chi connectivity index (χ0) is 22.2. The molecule has 1 N–H and O–H groups in total. The summed E-state index contributed by atoms with van der Waals surface area (Å²) in [6.45, 7) is 1.62. The van der Waals surface area contributed by atoms with Gasteiger partial charge < -0.3 is 9.47 Å². The van der Waals surface area contributed by atoms with Gasteiger partial charge in [0.15, 0.2) is 6.10 Å².